The van der Waals surface area contributed by atoms with Gasteiger partial charge < -0.3 is 15.0 Å². The highest BCUT2D eigenvalue weighted by Gasteiger charge is 2.26. The first-order valence-electron chi connectivity index (χ1n) is 6.88. The van der Waals surface area contributed by atoms with E-state index in [1.165, 1.54) is 30.5 Å². The van der Waals surface area contributed by atoms with E-state index in [1.807, 2.05) is 6.20 Å². The minimum atomic E-state index is 0.743. The van der Waals surface area contributed by atoms with Crippen LogP contribution in [0.4, 0.5) is 5.69 Å². The fraction of sp³-hybridized carbons (Fsp3) is 0.643. The van der Waals surface area contributed by atoms with Gasteiger partial charge in [-0.3, -0.25) is 0 Å². The van der Waals surface area contributed by atoms with Crippen LogP contribution in [0, 0.1) is 0 Å². The van der Waals surface area contributed by atoms with Crippen molar-refractivity contribution >= 4 is 5.69 Å². The largest absolute Gasteiger partial charge is 0.480 e. The molecule has 1 aliphatic heterocycles. The number of nitrogens with one attached hydrogen (secondary N) is 1. The summed E-state index contributed by atoms with van der Waals surface area (Å²) in [5.74, 6) is 1.51. The van der Waals surface area contributed by atoms with Crippen LogP contribution in [0.1, 0.15) is 30.7 Å². The van der Waals surface area contributed by atoms with E-state index in [0.717, 1.165) is 38.0 Å². The van der Waals surface area contributed by atoms with Crippen molar-refractivity contribution in [2.24, 2.45) is 0 Å². The lowest BCUT2D eigenvalue weighted by molar-refractivity contribution is 0.397. The highest BCUT2D eigenvalue weighted by molar-refractivity contribution is 5.57. The molecule has 0 radical (unpaired) electrons. The first-order chi connectivity index (χ1) is 8.88. The zero-order valence-electron chi connectivity index (χ0n) is 11.0. The minimum Gasteiger partial charge on any atom is -0.480 e. The van der Waals surface area contributed by atoms with Crippen LogP contribution in [-0.4, -0.2) is 38.3 Å². The summed E-state index contributed by atoms with van der Waals surface area (Å²) in [6.07, 6.45) is 5.79. The average molecular weight is 247 g/mol. The zero-order valence-corrected chi connectivity index (χ0v) is 11.0. The predicted molar refractivity (Wildman–Crippen MR) is 72.5 cm³/mol. The van der Waals surface area contributed by atoms with E-state index < -0.39 is 0 Å². The molecule has 1 aromatic heterocycles. The van der Waals surface area contributed by atoms with Crippen molar-refractivity contribution in [3.05, 3.63) is 17.8 Å². The molecule has 0 spiro atoms. The monoisotopic (exact) mass is 247 g/mol. The Kier molecular flexibility index (Phi) is 3.37. The number of hydrogen-bond acceptors (Lipinski definition) is 4. The molecule has 3 rings (SSSR count). The van der Waals surface area contributed by atoms with E-state index >= 15 is 0 Å². The molecule has 18 heavy (non-hydrogen) atoms. The van der Waals surface area contributed by atoms with Crippen LogP contribution in [0.5, 0.6) is 5.88 Å². The second-order valence-corrected chi connectivity index (χ2v) is 5.16. The van der Waals surface area contributed by atoms with Crippen LogP contribution in [0.25, 0.3) is 0 Å². The van der Waals surface area contributed by atoms with Gasteiger partial charge in [-0.2, -0.15) is 0 Å². The molecule has 0 unspecified atom stereocenters. The smallest absolute Gasteiger partial charge is 0.237 e. The molecule has 1 saturated heterocycles. The van der Waals surface area contributed by atoms with Gasteiger partial charge in [-0.15, -0.1) is 0 Å². The van der Waals surface area contributed by atoms with Crippen LogP contribution in [0.2, 0.25) is 0 Å². The number of aromatic nitrogens is 1. The Morgan fingerprint density at radius 2 is 2.22 bits per heavy atom. The number of anilines is 1. The summed E-state index contributed by atoms with van der Waals surface area (Å²) in [4.78, 5) is 6.88. The molecule has 2 aliphatic rings. The highest BCUT2D eigenvalue weighted by Crippen LogP contribution is 2.42. The molecular weight excluding hydrogens is 226 g/mol. The maximum atomic E-state index is 5.42. The zero-order chi connectivity index (χ0) is 12.4. The lowest BCUT2D eigenvalue weighted by atomic mass is 10.1. The fourth-order valence-electron chi connectivity index (χ4n) is 2.57. The summed E-state index contributed by atoms with van der Waals surface area (Å²) >= 11 is 0. The number of nitrogens with zero attached hydrogens (tertiary/aromatic N) is 2. The lowest BCUT2D eigenvalue weighted by Crippen LogP contribution is -2.28. The van der Waals surface area contributed by atoms with E-state index in [-0.39, 0.29) is 0 Å². The summed E-state index contributed by atoms with van der Waals surface area (Å²) in [5, 5.41) is 3.43. The fourth-order valence-corrected chi connectivity index (χ4v) is 2.57. The Labute approximate surface area is 108 Å². The molecule has 2 fully saturated rings. The van der Waals surface area contributed by atoms with Crippen molar-refractivity contribution < 1.29 is 4.74 Å². The van der Waals surface area contributed by atoms with Gasteiger partial charge in [-0.05, 0) is 43.4 Å². The van der Waals surface area contributed by atoms with Gasteiger partial charge in [0.15, 0.2) is 0 Å². The summed E-state index contributed by atoms with van der Waals surface area (Å²) in [6, 6.07) is 2.29. The first kappa shape index (κ1) is 11.8. The van der Waals surface area contributed by atoms with Gasteiger partial charge >= 0.3 is 0 Å². The molecule has 1 saturated carbocycles. The second-order valence-electron chi connectivity index (χ2n) is 5.16. The third kappa shape index (κ3) is 2.43. The first-order valence-corrected chi connectivity index (χ1v) is 6.88. The molecule has 2 heterocycles. The third-order valence-corrected chi connectivity index (χ3v) is 3.78. The molecule has 0 bridgehead atoms. The van der Waals surface area contributed by atoms with Crippen molar-refractivity contribution in [2.75, 3.05) is 38.2 Å². The van der Waals surface area contributed by atoms with Crippen molar-refractivity contribution in [3.63, 3.8) is 0 Å². The topological polar surface area (TPSA) is 37.4 Å². The summed E-state index contributed by atoms with van der Waals surface area (Å²) in [7, 11) is 1.71. The molecule has 4 heteroatoms. The SMILES string of the molecule is COc1ncc(C2CC2)cc1N1CCCNCC1. The molecule has 4 nitrogen and oxygen atoms in total. The van der Waals surface area contributed by atoms with E-state index in [4.69, 9.17) is 4.74 Å². The summed E-state index contributed by atoms with van der Waals surface area (Å²) in [6.45, 7) is 4.26. The van der Waals surface area contributed by atoms with E-state index in [0.29, 0.717) is 0 Å². The molecule has 0 aromatic carbocycles. The quantitative estimate of drug-likeness (QED) is 0.883. The molecule has 98 valence electrons. The molecule has 0 amide bonds. The standard InChI is InChI=1S/C14H21N3O/c1-18-14-13(17-7-2-5-15-6-8-17)9-12(10-16-14)11-3-4-11/h9-11,15H,2-8H2,1H3. The lowest BCUT2D eigenvalue weighted by Gasteiger charge is -2.24. The Balaban J connectivity index is 1.88. The van der Waals surface area contributed by atoms with Crippen LogP contribution in [0.3, 0.4) is 0 Å². The highest BCUT2D eigenvalue weighted by atomic mass is 16.5. The van der Waals surface area contributed by atoms with Crippen LogP contribution >= 0.6 is 0 Å². The number of pyridine rings is 1. The van der Waals surface area contributed by atoms with Crippen LogP contribution in [-0.2, 0) is 0 Å². The Hall–Kier alpha value is -1.29. The van der Waals surface area contributed by atoms with Crippen molar-refractivity contribution in [1.82, 2.24) is 10.3 Å². The van der Waals surface area contributed by atoms with Crippen LogP contribution in [0.15, 0.2) is 12.3 Å². The molecule has 1 N–H and O–H groups in total. The van der Waals surface area contributed by atoms with Crippen molar-refractivity contribution in [2.45, 2.75) is 25.2 Å². The van der Waals surface area contributed by atoms with E-state index in [2.05, 4.69) is 21.3 Å². The molecule has 1 aliphatic carbocycles. The normalized spacial score (nSPS) is 20.6. The number of rotatable bonds is 3. The average Bonchev–Trinajstić information content (AvgIpc) is 3.24. The Morgan fingerprint density at radius 3 is 3.00 bits per heavy atom. The Morgan fingerprint density at radius 1 is 1.33 bits per heavy atom. The molecule has 1 aromatic rings. The predicted octanol–water partition coefficient (Wildman–Crippen LogP) is 1.77. The van der Waals surface area contributed by atoms with Gasteiger partial charge in [0.25, 0.3) is 0 Å². The third-order valence-electron chi connectivity index (χ3n) is 3.78. The molecule has 0 atom stereocenters. The van der Waals surface area contributed by atoms with E-state index in [1.54, 1.807) is 7.11 Å². The van der Waals surface area contributed by atoms with Gasteiger partial charge in [-0.25, -0.2) is 4.98 Å². The van der Waals surface area contributed by atoms with Gasteiger partial charge in [0.2, 0.25) is 5.88 Å². The van der Waals surface area contributed by atoms with E-state index in [9.17, 15) is 0 Å². The number of methoxy groups -OCH3 is 1. The summed E-state index contributed by atoms with van der Waals surface area (Å²) < 4.78 is 5.42. The maximum absolute atomic E-state index is 5.42. The van der Waals surface area contributed by atoms with Gasteiger partial charge in [0, 0.05) is 25.8 Å². The number of ether oxygens (including phenoxy) is 1. The van der Waals surface area contributed by atoms with Crippen LogP contribution < -0.4 is 15.0 Å². The van der Waals surface area contributed by atoms with Crippen molar-refractivity contribution in [1.29, 1.82) is 0 Å². The Bertz CT molecular complexity index is 410. The minimum absolute atomic E-state index is 0.743. The molecular formula is C14H21N3O. The van der Waals surface area contributed by atoms with Gasteiger partial charge in [-0.1, -0.05) is 0 Å². The van der Waals surface area contributed by atoms with Gasteiger partial charge in [0.05, 0.1) is 7.11 Å². The maximum Gasteiger partial charge on any atom is 0.237 e. The van der Waals surface area contributed by atoms with Gasteiger partial charge in [0.1, 0.15) is 5.69 Å². The number of hydrogen-bond donors (Lipinski definition) is 1. The second kappa shape index (κ2) is 5.14. The summed E-state index contributed by atoms with van der Waals surface area (Å²) in [5.41, 5.74) is 2.55. The van der Waals surface area contributed by atoms with Crippen molar-refractivity contribution in [3.8, 4) is 5.88 Å².